The van der Waals surface area contributed by atoms with E-state index in [-0.39, 0.29) is 11.9 Å². The maximum atomic E-state index is 11.5. The van der Waals surface area contributed by atoms with E-state index in [0.29, 0.717) is 18.4 Å². The van der Waals surface area contributed by atoms with Crippen molar-refractivity contribution < 1.29 is 14.3 Å². The fourth-order valence-corrected chi connectivity index (χ4v) is 3.22. The van der Waals surface area contributed by atoms with E-state index in [1.165, 1.54) is 23.8 Å². The Balaban J connectivity index is 2.12. The van der Waals surface area contributed by atoms with Crippen LogP contribution < -0.4 is 4.74 Å². The molecular formula is C18H26O3. The van der Waals surface area contributed by atoms with Crippen LogP contribution in [-0.2, 0) is 9.53 Å². The number of ether oxygens (including phenoxy) is 2. The fraction of sp³-hybridized carbons (Fsp3) is 0.611. The van der Waals surface area contributed by atoms with Gasteiger partial charge in [-0.15, -0.1) is 0 Å². The van der Waals surface area contributed by atoms with Gasteiger partial charge >= 0.3 is 5.97 Å². The van der Waals surface area contributed by atoms with Crippen molar-refractivity contribution in [2.45, 2.75) is 46.5 Å². The van der Waals surface area contributed by atoms with Crippen molar-refractivity contribution in [2.24, 2.45) is 11.8 Å². The molecule has 3 unspecified atom stereocenters. The molecule has 0 saturated heterocycles. The van der Waals surface area contributed by atoms with Crippen LogP contribution in [0.3, 0.4) is 0 Å². The molecule has 0 radical (unpaired) electrons. The molecule has 3 nitrogen and oxygen atoms in total. The summed E-state index contributed by atoms with van der Waals surface area (Å²) in [4.78, 5) is 11.5. The van der Waals surface area contributed by atoms with Gasteiger partial charge in [0, 0.05) is 0 Å². The number of esters is 1. The van der Waals surface area contributed by atoms with Crippen LogP contribution in [0.25, 0.3) is 0 Å². The Kier molecular flexibility index (Phi) is 4.92. The third-order valence-electron chi connectivity index (χ3n) is 4.35. The number of carbonyl (C=O) groups excluding carboxylic acids is 1. The second-order valence-corrected chi connectivity index (χ2v) is 6.20. The molecule has 0 spiro atoms. The highest BCUT2D eigenvalue weighted by atomic mass is 16.5. The summed E-state index contributed by atoms with van der Waals surface area (Å²) < 4.78 is 10.7. The van der Waals surface area contributed by atoms with E-state index in [1.807, 2.05) is 6.92 Å². The maximum absolute atomic E-state index is 11.5. The molecule has 3 atom stereocenters. The van der Waals surface area contributed by atoms with Crippen molar-refractivity contribution in [1.82, 2.24) is 0 Å². The first-order valence-corrected chi connectivity index (χ1v) is 7.79. The third-order valence-corrected chi connectivity index (χ3v) is 4.35. The van der Waals surface area contributed by atoms with E-state index in [9.17, 15) is 4.79 Å². The summed E-state index contributed by atoms with van der Waals surface area (Å²) in [6.07, 6.45) is 1.98. The molecule has 0 heterocycles. The van der Waals surface area contributed by atoms with E-state index in [1.54, 1.807) is 0 Å². The molecule has 1 aliphatic rings. The molecule has 2 rings (SSSR count). The van der Waals surface area contributed by atoms with Gasteiger partial charge in [0.25, 0.3) is 0 Å². The minimum atomic E-state index is -0.0577. The molecule has 0 bridgehead atoms. The lowest BCUT2D eigenvalue weighted by Gasteiger charge is -2.19. The summed E-state index contributed by atoms with van der Waals surface area (Å²) in [5.74, 6) is 1.93. The number of carbonyl (C=O) groups is 1. The summed E-state index contributed by atoms with van der Waals surface area (Å²) in [5.41, 5.74) is 3.72. The van der Waals surface area contributed by atoms with Crippen LogP contribution >= 0.6 is 0 Å². The zero-order chi connectivity index (χ0) is 15.6. The van der Waals surface area contributed by atoms with Crippen LogP contribution in [0.2, 0.25) is 0 Å². The molecule has 0 aromatic heterocycles. The predicted octanol–water partition coefficient (Wildman–Crippen LogP) is 4.00. The molecule has 0 N–H and O–H groups in total. The largest absolute Gasteiger partial charge is 0.493 e. The smallest absolute Gasteiger partial charge is 0.308 e. The molecule has 1 aliphatic carbocycles. The van der Waals surface area contributed by atoms with Crippen LogP contribution in [0.5, 0.6) is 5.75 Å². The molecule has 0 aliphatic heterocycles. The van der Waals surface area contributed by atoms with Crippen molar-refractivity contribution >= 4 is 5.97 Å². The lowest BCUT2D eigenvalue weighted by atomic mass is 9.91. The summed E-state index contributed by atoms with van der Waals surface area (Å²) in [6.45, 7) is 9.14. The first-order chi connectivity index (χ1) is 9.97. The SMILES string of the molecule is CCOc1c(C)cc(C)cc1C(C)CC1CC1C(=O)OC. The second kappa shape index (κ2) is 6.50. The Bertz CT molecular complexity index is 521. The van der Waals surface area contributed by atoms with E-state index in [0.717, 1.165) is 18.6 Å². The van der Waals surface area contributed by atoms with Crippen molar-refractivity contribution in [2.75, 3.05) is 13.7 Å². The molecule has 1 saturated carbocycles. The third kappa shape index (κ3) is 3.58. The van der Waals surface area contributed by atoms with Gasteiger partial charge < -0.3 is 9.47 Å². The molecule has 1 fully saturated rings. The van der Waals surface area contributed by atoms with Crippen LogP contribution in [-0.4, -0.2) is 19.7 Å². The summed E-state index contributed by atoms with van der Waals surface area (Å²) in [6, 6.07) is 4.38. The molecular weight excluding hydrogens is 264 g/mol. The number of hydrogen-bond acceptors (Lipinski definition) is 3. The first kappa shape index (κ1) is 15.9. The number of benzene rings is 1. The average molecular weight is 290 g/mol. The topological polar surface area (TPSA) is 35.5 Å². The highest BCUT2D eigenvalue weighted by Gasteiger charge is 2.44. The van der Waals surface area contributed by atoms with Crippen LogP contribution in [0, 0.1) is 25.7 Å². The summed E-state index contributed by atoms with van der Waals surface area (Å²) in [5, 5.41) is 0. The van der Waals surface area contributed by atoms with Gasteiger partial charge in [-0.2, -0.15) is 0 Å². The van der Waals surface area contributed by atoms with Crippen molar-refractivity contribution in [3.05, 3.63) is 28.8 Å². The Hall–Kier alpha value is -1.51. The predicted molar refractivity (Wildman–Crippen MR) is 83.7 cm³/mol. The van der Waals surface area contributed by atoms with E-state index in [2.05, 4.69) is 32.9 Å². The van der Waals surface area contributed by atoms with Crippen molar-refractivity contribution in [1.29, 1.82) is 0 Å². The van der Waals surface area contributed by atoms with E-state index < -0.39 is 0 Å². The number of aryl methyl sites for hydroxylation is 2. The van der Waals surface area contributed by atoms with Gasteiger partial charge in [0.15, 0.2) is 0 Å². The van der Waals surface area contributed by atoms with Crippen molar-refractivity contribution in [3.8, 4) is 5.75 Å². The normalized spacial score (nSPS) is 21.8. The summed E-state index contributed by atoms with van der Waals surface area (Å²) in [7, 11) is 1.47. The van der Waals surface area contributed by atoms with Gasteiger partial charge in [0.05, 0.1) is 19.6 Å². The first-order valence-electron chi connectivity index (χ1n) is 7.79. The van der Waals surface area contributed by atoms with Gasteiger partial charge in [0.1, 0.15) is 5.75 Å². The molecule has 3 heteroatoms. The lowest BCUT2D eigenvalue weighted by molar-refractivity contribution is -0.142. The highest BCUT2D eigenvalue weighted by molar-refractivity contribution is 5.75. The van der Waals surface area contributed by atoms with Gasteiger partial charge in [-0.25, -0.2) is 0 Å². The van der Waals surface area contributed by atoms with Gasteiger partial charge in [0.2, 0.25) is 0 Å². The zero-order valence-corrected chi connectivity index (χ0v) is 13.7. The minimum Gasteiger partial charge on any atom is -0.493 e. The van der Waals surface area contributed by atoms with E-state index >= 15 is 0 Å². The molecule has 1 aromatic carbocycles. The van der Waals surface area contributed by atoms with Crippen LogP contribution in [0.4, 0.5) is 0 Å². The Labute approximate surface area is 127 Å². The standard InChI is InChI=1S/C18H26O3/c1-6-21-17-13(4)7-11(2)8-15(17)12(3)9-14-10-16(14)18(19)20-5/h7-8,12,14,16H,6,9-10H2,1-5H3. The molecule has 1 aromatic rings. The van der Waals surface area contributed by atoms with Crippen LogP contribution in [0.1, 0.15) is 49.3 Å². The Morgan fingerprint density at radius 3 is 2.71 bits per heavy atom. The minimum absolute atomic E-state index is 0.0577. The zero-order valence-electron chi connectivity index (χ0n) is 13.7. The molecule has 116 valence electrons. The number of rotatable bonds is 6. The van der Waals surface area contributed by atoms with Crippen LogP contribution in [0.15, 0.2) is 12.1 Å². The number of hydrogen-bond donors (Lipinski definition) is 0. The second-order valence-electron chi connectivity index (χ2n) is 6.20. The lowest BCUT2D eigenvalue weighted by Crippen LogP contribution is -2.07. The van der Waals surface area contributed by atoms with Gasteiger partial charge in [-0.3, -0.25) is 4.79 Å². The highest BCUT2D eigenvalue weighted by Crippen LogP contribution is 2.47. The van der Waals surface area contributed by atoms with E-state index in [4.69, 9.17) is 9.47 Å². The maximum Gasteiger partial charge on any atom is 0.308 e. The van der Waals surface area contributed by atoms with Crippen molar-refractivity contribution in [3.63, 3.8) is 0 Å². The monoisotopic (exact) mass is 290 g/mol. The quantitative estimate of drug-likeness (QED) is 0.743. The van der Waals surface area contributed by atoms with Gasteiger partial charge in [-0.1, -0.05) is 24.6 Å². The fourth-order valence-electron chi connectivity index (χ4n) is 3.22. The average Bonchev–Trinajstić information content (AvgIpc) is 3.19. The molecule has 21 heavy (non-hydrogen) atoms. The Morgan fingerprint density at radius 2 is 2.10 bits per heavy atom. The van der Waals surface area contributed by atoms with Gasteiger partial charge in [-0.05, 0) is 56.6 Å². The number of methoxy groups -OCH3 is 1. The Morgan fingerprint density at radius 1 is 1.38 bits per heavy atom. The molecule has 0 amide bonds. The summed E-state index contributed by atoms with van der Waals surface area (Å²) >= 11 is 0.